The molecule has 2 aromatic rings. The van der Waals surface area contributed by atoms with E-state index in [9.17, 15) is 18.0 Å². The van der Waals surface area contributed by atoms with Crippen LogP contribution in [0.2, 0.25) is 5.02 Å². The lowest BCUT2D eigenvalue weighted by molar-refractivity contribution is -0.125. The molecule has 1 saturated carbocycles. The molecule has 166 valence electrons. The van der Waals surface area contributed by atoms with E-state index in [0.29, 0.717) is 6.54 Å². The summed E-state index contributed by atoms with van der Waals surface area (Å²) in [5.41, 5.74) is 0.466. The van der Waals surface area contributed by atoms with Gasteiger partial charge < -0.3 is 10.6 Å². The first-order valence-corrected chi connectivity index (χ1v) is 12.2. The molecule has 1 aliphatic rings. The number of rotatable bonds is 8. The van der Waals surface area contributed by atoms with Crippen molar-refractivity contribution < 1.29 is 18.0 Å². The number of carbonyl (C=O) groups excluding carboxylic acids is 2. The molecule has 0 bridgehead atoms. The maximum Gasteiger partial charge on any atom is 0.261 e. The Balaban J connectivity index is 1.54. The molecule has 1 aliphatic carbocycles. The first-order valence-electron chi connectivity index (χ1n) is 10.3. The SMILES string of the molecule is O=C(NCCNC(=O)C1CCCCC1)c1cccc(S(=O)(=O)Nc2ccccc2Cl)c1. The van der Waals surface area contributed by atoms with Crippen LogP contribution in [0.25, 0.3) is 0 Å². The van der Waals surface area contributed by atoms with E-state index in [1.165, 1.54) is 30.7 Å². The Morgan fingerprint density at radius 1 is 0.935 bits per heavy atom. The molecule has 3 N–H and O–H groups in total. The summed E-state index contributed by atoms with van der Waals surface area (Å²) in [6.45, 7) is 0.583. The highest BCUT2D eigenvalue weighted by Gasteiger charge is 2.21. The van der Waals surface area contributed by atoms with Gasteiger partial charge in [-0.2, -0.15) is 0 Å². The molecule has 1 fully saturated rings. The zero-order valence-electron chi connectivity index (χ0n) is 17.1. The minimum Gasteiger partial charge on any atom is -0.354 e. The summed E-state index contributed by atoms with van der Waals surface area (Å²) in [6.07, 6.45) is 5.19. The number of sulfonamides is 1. The van der Waals surface area contributed by atoms with Crippen LogP contribution in [-0.2, 0) is 14.8 Å². The number of para-hydroxylation sites is 1. The van der Waals surface area contributed by atoms with Crippen LogP contribution in [-0.4, -0.2) is 33.3 Å². The van der Waals surface area contributed by atoms with Gasteiger partial charge in [0.05, 0.1) is 15.6 Å². The van der Waals surface area contributed by atoms with Crippen molar-refractivity contribution >= 4 is 39.1 Å². The van der Waals surface area contributed by atoms with E-state index in [-0.39, 0.29) is 39.5 Å². The van der Waals surface area contributed by atoms with Gasteiger partial charge in [0.25, 0.3) is 15.9 Å². The van der Waals surface area contributed by atoms with Gasteiger partial charge >= 0.3 is 0 Å². The molecule has 31 heavy (non-hydrogen) atoms. The molecule has 0 spiro atoms. The third-order valence-corrected chi connectivity index (χ3v) is 6.90. The number of hydrogen-bond acceptors (Lipinski definition) is 4. The highest BCUT2D eigenvalue weighted by atomic mass is 35.5. The Bertz CT molecular complexity index is 1040. The molecule has 2 amide bonds. The van der Waals surface area contributed by atoms with E-state index >= 15 is 0 Å². The van der Waals surface area contributed by atoms with Crippen LogP contribution in [0.4, 0.5) is 5.69 Å². The largest absolute Gasteiger partial charge is 0.354 e. The Hall–Kier alpha value is -2.58. The Morgan fingerprint density at radius 2 is 1.65 bits per heavy atom. The Labute approximate surface area is 187 Å². The lowest BCUT2D eigenvalue weighted by Crippen LogP contribution is -2.38. The summed E-state index contributed by atoms with van der Waals surface area (Å²) in [5.74, 6) is -0.314. The van der Waals surface area contributed by atoms with Crippen molar-refractivity contribution in [3.05, 3.63) is 59.1 Å². The normalized spacial score (nSPS) is 14.6. The fourth-order valence-corrected chi connectivity index (χ4v) is 4.89. The van der Waals surface area contributed by atoms with Gasteiger partial charge in [-0.1, -0.05) is 49.1 Å². The molecule has 9 heteroatoms. The maximum absolute atomic E-state index is 12.7. The summed E-state index contributed by atoms with van der Waals surface area (Å²) >= 11 is 6.02. The highest BCUT2D eigenvalue weighted by Crippen LogP contribution is 2.25. The first-order chi connectivity index (χ1) is 14.9. The number of amides is 2. The molecule has 2 aromatic carbocycles. The molecule has 3 rings (SSSR count). The number of benzene rings is 2. The van der Waals surface area contributed by atoms with Crippen LogP contribution < -0.4 is 15.4 Å². The van der Waals surface area contributed by atoms with E-state index in [2.05, 4.69) is 15.4 Å². The topological polar surface area (TPSA) is 104 Å². The van der Waals surface area contributed by atoms with Crippen molar-refractivity contribution in [3.8, 4) is 0 Å². The fourth-order valence-electron chi connectivity index (χ4n) is 3.53. The van der Waals surface area contributed by atoms with E-state index < -0.39 is 15.9 Å². The summed E-state index contributed by atoms with van der Waals surface area (Å²) in [5, 5.41) is 5.83. The molecule has 0 saturated heterocycles. The smallest absolute Gasteiger partial charge is 0.261 e. The highest BCUT2D eigenvalue weighted by molar-refractivity contribution is 7.92. The molecular formula is C22H26ClN3O4S. The maximum atomic E-state index is 12.7. The van der Waals surface area contributed by atoms with Gasteiger partial charge in [0.2, 0.25) is 5.91 Å². The van der Waals surface area contributed by atoms with Gasteiger partial charge in [-0.3, -0.25) is 14.3 Å². The van der Waals surface area contributed by atoms with Gasteiger partial charge in [0.15, 0.2) is 0 Å². The Kier molecular flexibility index (Phi) is 7.92. The number of nitrogens with one attached hydrogen (secondary N) is 3. The number of anilines is 1. The summed E-state index contributed by atoms with van der Waals surface area (Å²) in [6, 6.07) is 12.2. The first kappa shape index (κ1) is 23.1. The molecule has 7 nitrogen and oxygen atoms in total. The van der Waals surface area contributed by atoms with E-state index in [1.807, 2.05) is 0 Å². The minimum absolute atomic E-state index is 0.0349. The Morgan fingerprint density at radius 3 is 2.39 bits per heavy atom. The third-order valence-electron chi connectivity index (χ3n) is 5.21. The van der Waals surface area contributed by atoms with Crippen molar-refractivity contribution in [2.24, 2.45) is 5.92 Å². The number of hydrogen-bond donors (Lipinski definition) is 3. The van der Waals surface area contributed by atoms with Crippen molar-refractivity contribution in [1.29, 1.82) is 0 Å². The van der Waals surface area contributed by atoms with Crippen molar-refractivity contribution in [2.75, 3.05) is 17.8 Å². The summed E-state index contributed by atoms with van der Waals surface area (Å²) in [7, 11) is -3.91. The molecule has 0 atom stereocenters. The zero-order chi connectivity index (χ0) is 22.3. The van der Waals surface area contributed by atoms with Gasteiger partial charge in [0.1, 0.15) is 0 Å². The summed E-state index contributed by atoms with van der Waals surface area (Å²) < 4.78 is 27.8. The standard InChI is InChI=1S/C22H26ClN3O4S/c23-19-11-4-5-12-20(19)26-31(29,30)18-10-6-9-17(15-18)22(28)25-14-13-24-21(27)16-7-2-1-3-8-16/h4-6,9-12,15-16,26H,1-3,7-8,13-14H2,(H,24,27)(H,25,28). The van der Waals surface area contributed by atoms with E-state index in [4.69, 9.17) is 11.6 Å². The van der Waals surface area contributed by atoms with Gasteiger partial charge in [0, 0.05) is 24.6 Å². The van der Waals surface area contributed by atoms with Crippen LogP contribution in [0.15, 0.2) is 53.4 Å². The minimum atomic E-state index is -3.91. The quantitative estimate of drug-likeness (QED) is 0.520. The molecule has 0 aromatic heterocycles. The van der Waals surface area contributed by atoms with Crippen molar-refractivity contribution in [1.82, 2.24) is 10.6 Å². The molecular weight excluding hydrogens is 438 g/mol. The number of carbonyl (C=O) groups is 2. The van der Waals surface area contributed by atoms with Gasteiger partial charge in [-0.15, -0.1) is 0 Å². The van der Waals surface area contributed by atoms with Crippen LogP contribution in [0.5, 0.6) is 0 Å². The third kappa shape index (κ3) is 6.45. The van der Waals surface area contributed by atoms with Crippen LogP contribution in [0, 0.1) is 5.92 Å². The van der Waals surface area contributed by atoms with Crippen molar-refractivity contribution in [3.63, 3.8) is 0 Å². The lowest BCUT2D eigenvalue weighted by Gasteiger charge is -2.20. The zero-order valence-corrected chi connectivity index (χ0v) is 18.6. The van der Waals surface area contributed by atoms with Gasteiger partial charge in [-0.25, -0.2) is 8.42 Å². The summed E-state index contributed by atoms with van der Waals surface area (Å²) in [4.78, 5) is 24.5. The van der Waals surface area contributed by atoms with E-state index in [0.717, 1.165) is 25.7 Å². The molecule has 0 radical (unpaired) electrons. The number of halogens is 1. The fraction of sp³-hybridized carbons (Fsp3) is 0.364. The monoisotopic (exact) mass is 463 g/mol. The average molecular weight is 464 g/mol. The van der Waals surface area contributed by atoms with Gasteiger partial charge in [-0.05, 0) is 43.2 Å². The van der Waals surface area contributed by atoms with Crippen LogP contribution in [0.3, 0.4) is 0 Å². The molecule has 0 unspecified atom stereocenters. The lowest BCUT2D eigenvalue weighted by atomic mass is 9.89. The molecule has 0 aliphatic heterocycles. The predicted octanol–water partition coefficient (Wildman–Crippen LogP) is 3.57. The van der Waals surface area contributed by atoms with Crippen molar-refractivity contribution in [2.45, 2.75) is 37.0 Å². The van der Waals surface area contributed by atoms with E-state index in [1.54, 1.807) is 24.3 Å². The predicted molar refractivity (Wildman–Crippen MR) is 121 cm³/mol. The van der Waals surface area contributed by atoms with Crippen LogP contribution >= 0.6 is 11.6 Å². The average Bonchev–Trinajstić information content (AvgIpc) is 2.78. The second kappa shape index (κ2) is 10.6. The van der Waals surface area contributed by atoms with Crippen LogP contribution in [0.1, 0.15) is 42.5 Å². The second-order valence-corrected chi connectivity index (χ2v) is 9.58. The second-order valence-electron chi connectivity index (χ2n) is 7.50. The molecule has 0 heterocycles.